The highest BCUT2D eigenvalue weighted by Gasteiger charge is 2.14. The van der Waals surface area contributed by atoms with Gasteiger partial charge in [-0.3, -0.25) is 0 Å². The van der Waals surface area contributed by atoms with E-state index in [1.165, 1.54) is 22.3 Å². The van der Waals surface area contributed by atoms with Crippen LogP contribution in [-0.4, -0.2) is 5.11 Å². The van der Waals surface area contributed by atoms with Gasteiger partial charge in [-0.25, -0.2) is 0 Å². The minimum absolute atomic E-state index is 0.398. The summed E-state index contributed by atoms with van der Waals surface area (Å²) in [4.78, 5) is 0. The van der Waals surface area contributed by atoms with E-state index in [-0.39, 0.29) is 0 Å². The summed E-state index contributed by atoms with van der Waals surface area (Å²) in [5.41, 5.74) is 6.11. The summed E-state index contributed by atoms with van der Waals surface area (Å²) < 4.78 is 0. The van der Waals surface area contributed by atoms with Crippen LogP contribution in [0, 0.1) is 0 Å². The maximum Gasteiger partial charge on any atom is 0.123 e. The predicted octanol–water partition coefficient (Wildman–Crippen LogP) is 4.75. The molecule has 0 amide bonds. The molecule has 0 fully saturated rings. The molecule has 19 heavy (non-hydrogen) atoms. The Balaban J connectivity index is 2.73. The first kappa shape index (κ1) is 13.7. The number of phenolic OH excluding ortho intramolecular Hbond substituents is 1. The number of aryl methyl sites for hydroxylation is 2. The van der Waals surface area contributed by atoms with Crippen LogP contribution in [0.2, 0.25) is 0 Å². The Labute approximate surface area is 115 Å². The topological polar surface area (TPSA) is 20.2 Å². The van der Waals surface area contributed by atoms with Crippen LogP contribution in [0.1, 0.15) is 37.5 Å². The Morgan fingerprint density at radius 2 is 1.47 bits per heavy atom. The molecule has 0 aliphatic carbocycles. The van der Waals surface area contributed by atoms with Gasteiger partial charge < -0.3 is 5.11 Å². The molecular formula is C18H22O. The van der Waals surface area contributed by atoms with Crippen LogP contribution in [0.4, 0.5) is 0 Å². The van der Waals surface area contributed by atoms with Crippen molar-refractivity contribution in [3.05, 3.63) is 53.1 Å². The van der Waals surface area contributed by atoms with E-state index in [1.54, 1.807) is 0 Å². The van der Waals surface area contributed by atoms with Gasteiger partial charge in [0.05, 0.1) is 0 Å². The van der Waals surface area contributed by atoms with E-state index in [2.05, 4.69) is 39.0 Å². The van der Waals surface area contributed by atoms with Gasteiger partial charge in [0.25, 0.3) is 0 Å². The summed E-state index contributed by atoms with van der Waals surface area (Å²) in [5.74, 6) is 0.398. The standard InChI is InChI=1S/C18H22O/c1-4-13-9-7-8-10-16(13)18-15(6-3)14(5-2)11-12-17(18)19/h7-12,19H,4-6H2,1-3H3. The zero-order valence-corrected chi connectivity index (χ0v) is 12.0. The molecule has 0 heterocycles. The van der Waals surface area contributed by atoms with Crippen molar-refractivity contribution in [2.75, 3.05) is 0 Å². The quantitative estimate of drug-likeness (QED) is 0.835. The fourth-order valence-corrected chi connectivity index (χ4v) is 2.79. The molecule has 0 bridgehead atoms. The SMILES string of the molecule is CCc1ccccc1-c1c(O)ccc(CC)c1CC. The number of aromatic hydroxyl groups is 1. The van der Waals surface area contributed by atoms with E-state index in [0.29, 0.717) is 5.75 Å². The van der Waals surface area contributed by atoms with Crippen molar-refractivity contribution in [3.63, 3.8) is 0 Å². The van der Waals surface area contributed by atoms with Crippen LogP contribution >= 0.6 is 0 Å². The van der Waals surface area contributed by atoms with Crippen LogP contribution in [0.3, 0.4) is 0 Å². The lowest BCUT2D eigenvalue weighted by molar-refractivity contribution is 0.476. The molecular weight excluding hydrogens is 232 g/mol. The van der Waals surface area contributed by atoms with E-state index in [1.807, 2.05) is 18.2 Å². The smallest absolute Gasteiger partial charge is 0.123 e. The lowest BCUT2D eigenvalue weighted by Gasteiger charge is -2.17. The van der Waals surface area contributed by atoms with E-state index in [9.17, 15) is 5.11 Å². The van der Waals surface area contributed by atoms with Crippen LogP contribution < -0.4 is 0 Å². The molecule has 0 aliphatic heterocycles. The van der Waals surface area contributed by atoms with Crippen molar-refractivity contribution < 1.29 is 5.11 Å². The first-order valence-corrected chi connectivity index (χ1v) is 7.14. The zero-order valence-electron chi connectivity index (χ0n) is 12.0. The van der Waals surface area contributed by atoms with E-state index >= 15 is 0 Å². The van der Waals surface area contributed by atoms with Crippen LogP contribution in [-0.2, 0) is 19.3 Å². The van der Waals surface area contributed by atoms with Gasteiger partial charge in [-0.15, -0.1) is 0 Å². The summed E-state index contributed by atoms with van der Waals surface area (Å²) in [6.45, 7) is 6.48. The second-order valence-electron chi connectivity index (χ2n) is 4.82. The highest BCUT2D eigenvalue weighted by molar-refractivity contribution is 5.77. The van der Waals surface area contributed by atoms with Gasteiger partial charge in [0, 0.05) is 5.56 Å². The van der Waals surface area contributed by atoms with E-state index < -0.39 is 0 Å². The molecule has 0 aliphatic rings. The van der Waals surface area contributed by atoms with Gasteiger partial charge in [-0.05, 0) is 47.6 Å². The molecule has 2 aromatic carbocycles. The van der Waals surface area contributed by atoms with Gasteiger partial charge in [-0.2, -0.15) is 0 Å². The fourth-order valence-electron chi connectivity index (χ4n) is 2.79. The molecule has 0 aromatic heterocycles. The van der Waals surface area contributed by atoms with Gasteiger partial charge in [-0.1, -0.05) is 51.1 Å². The number of hydrogen-bond donors (Lipinski definition) is 1. The molecule has 0 saturated heterocycles. The zero-order chi connectivity index (χ0) is 13.8. The second kappa shape index (κ2) is 5.92. The first-order valence-electron chi connectivity index (χ1n) is 7.14. The molecule has 0 saturated carbocycles. The summed E-state index contributed by atoms with van der Waals surface area (Å²) >= 11 is 0. The van der Waals surface area contributed by atoms with Gasteiger partial charge in [0.15, 0.2) is 0 Å². The molecule has 0 spiro atoms. The molecule has 100 valence electrons. The molecule has 0 radical (unpaired) electrons. The summed E-state index contributed by atoms with van der Waals surface area (Å²) in [7, 11) is 0. The average Bonchev–Trinajstić information content (AvgIpc) is 2.46. The minimum atomic E-state index is 0.398. The Morgan fingerprint density at radius 1 is 0.789 bits per heavy atom. The third-order valence-corrected chi connectivity index (χ3v) is 3.79. The van der Waals surface area contributed by atoms with Crippen LogP contribution in [0.5, 0.6) is 5.75 Å². The molecule has 0 atom stereocenters. The Hall–Kier alpha value is -1.76. The van der Waals surface area contributed by atoms with Gasteiger partial charge >= 0.3 is 0 Å². The maximum atomic E-state index is 10.3. The van der Waals surface area contributed by atoms with Crippen molar-refractivity contribution in [2.45, 2.75) is 40.0 Å². The van der Waals surface area contributed by atoms with Gasteiger partial charge in [0.2, 0.25) is 0 Å². The van der Waals surface area contributed by atoms with Crippen molar-refractivity contribution >= 4 is 0 Å². The highest BCUT2D eigenvalue weighted by Crippen LogP contribution is 2.37. The number of hydrogen-bond acceptors (Lipinski definition) is 1. The van der Waals surface area contributed by atoms with Crippen LogP contribution in [0.25, 0.3) is 11.1 Å². The fraction of sp³-hybridized carbons (Fsp3) is 0.333. The highest BCUT2D eigenvalue weighted by atomic mass is 16.3. The molecule has 1 N–H and O–H groups in total. The molecule has 1 heteroatoms. The van der Waals surface area contributed by atoms with E-state index in [4.69, 9.17) is 0 Å². The molecule has 0 unspecified atom stereocenters. The van der Waals surface area contributed by atoms with Crippen LogP contribution in [0.15, 0.2) is 36.4 Å². The normalized spacial score (nSPS) is 10.7. The largest absolute Gasteiger partial charge is 0.507 e. The Kier molecular flexibility index (Phi) is 4.26. The Morgan fingerprint density at radius 3 is 2.11 bits per heavy atom. The van der Waals surface area contributed by atoms with Crippen molar-refractivity contribution in [1.29, 1.82) is 0 Å². The summed E-state index contributed by atoms with van der Waals surface area (Å²) in [6.07, 6.45) is 2.94. The predicted molar refractivity (Wildman–Crippen MR) is 81.7 cm³/mol. The summed E-state index contributed by atoms with van der Waals surface area (Å²) in [6, 6.07) is 12.3. The lowest BCUT2D eigenvalue weighted by atomic mass is 9.89. The molecule has 2 rings (SSSR count). The average molecular weight is 254 g/mol. The van der Waals surface area contributed by atoms with Gasteiger partial charge in [0.1, 0.15) is 5.75 Å². The number of rotatable bonds is 4. The van der Waals surface area contributed by atoms with E-state index in [0.717, 1.165) is 24.8 Å². The Bertz CT molecular complexity index is 570. The molecule has 2 aromatic rings. The maximum absolute atomic E-state index is 10.3. The third-order valence-electron chi connectivity index (χ3n) is 3.79. The number of benzene rings is 2. The van der Waals surface area contributed by atoms with Crippen molar-refractivity contribution in [2.24, 2.45) is 0 Å². The summed E-state index contributed by atoms with van der Waals surface area (Å²) in [5, 5.41) is 10.3. The second-order valence-corrected chi connectivity index (χ2v) is 4.82. The number of phenols is 1. The lowest BCUT2D eigenvalue weighted by Crippen LogP contribution is -1.97. The third kappa shape index (κ3) is 2.51. The minimum Gasteiger partial charge on any atom is -0.507 e. The molecule has 1 nitrogen and oxygen atoms in total. The van der Waals surface area contributed by atoms with Crippen molar-refractivity contribution in [3.8, 4) is 16.9 Å². The monoisotopic (exact) mass is 254 g/mol. The first-order chi connectivity index (χ1) is 9.22. The van der Waals surface area contributed by atoms with Crippen molar-refractivity contribution in [1.82, 2.24) is 0 Å².